The van der Waals surface area contributed by atoms with E-state index in [1.165, 1.54) is 12.3 Å². The molecular formula is C11H8BrNO4. The maximum Gasteiger partial charge on any atom is 0.363 e. The molecule has 17 heavy (non-hydrogen) atoms. The molecule has 0 amide bonds. The average molecular weight is 298 g/mol. The lowest BCUT2D eigenvalue weighted by Crippen LogP contribution is -2.10. The van der Waals surface area contributed by atoms with Gasteiger partial charge in [0.2, 0.25) is 6.79 Å². The van der Waals surface area contributed by atoms with Gasteiger partial charge < -0.3 is 14.0 Å². The quantitative estimate of drug-likeness (QED) is 0.641. The highest BCUT2D eigenvalue weighted by atomic mass is 79.9. The number of carbonyl (C=O) groups is 1. The van der Waals surface area contributed by atoms with Crippen LogP contribution in [0, 0.1) is 0 Å². The molecule has 0 radical (unpaired) electrons. The maximum atomic E-state index is 11.3. The van der Waals surface area contributed by atoms with Crippen molar-refractivity contribution in [1.82, 2.24) is 5.16 Å². The molecule has 0 aliphatic heterocycles. The molecule has 0 bridgehead atoms. The van der Waals surface area contributed by atoms with Gasteiger partial charge in [-0.3, -0.25) is 0 Å². The molecule has 1 heterocycles. The van der Waals surface area contributed by atoms with E-state index in [9.17, 15) is 4.79 Å². The Kier molecular flexibility index (Phi) is 3.77. The maximum absolute atomic E-state index is 11.3. The van der Waals surface area contributed by atoms with Gasteiger partial charge in [-0.15, -0.1) is 0 Å². The summed E-state index contributed by atoms with van der Waals surface area (Å²) in [5.74, 6) is 0.0149. The van der Waals surface area contributed by atoms with E-state index in [2.05, 4.69) is 25.6 Å². The number of esters is 1. The highest BCUT2D eigenvalue weighted by molar-refractivity contribution is 9.10. The largest absolute Gasteiger partial charge is 0.457 e. The number of hydrogen-bond acceptors (Lipinski definition) is 5. The van der Waals surface area contributed by atoms with Crippen molar-refractivity contribution in [2.75, 3.05) is 6.79 Å². The van der Waals surface area contributed by atoms with Gasteiger partial charge >= 0.3 is 5.97 Å². The van der Waals surface area contributed by atoms with Gasteiger partial charge in [-0.2, -0.15) is 0 Å². The fourth-order valence-electron chi connectivity index (χ4n) is 1.10. The molecule has 1 aromatic carbocycles. The second-order valence-electron chi connectivity index (χ2n) is 3.04. The van der Waals surface area contributed by atoms with E-state index in [1.54, 1.807) is 12.1 Å². The third kappa shape index (κ3) is 3.32. The van der Waals surface area contributed by atoms with E-state index in [4.69, 9.17) is 9.47 Å². The number of halogens is 1. The Morgan fingerprint density at radius 3 is 3.00 bits per heavy atom. The predicted octanol–water partition coefficient (Wildman–Crippen LogP) is 2.63. The minimum atomic E-state index is -0.589. The average Bonchev–Trinajstić information content (AvgIpc) is 2.82. The minimum absolute atomic E-state index is 0.114. The van der Waals surface area contributed by atoms with Crippen LogP contribution in [0.2, 0.25) is 0 Å². The lowest BCUT2D eigenvalue weighted by Gasteiger charge is -2.06. The summed E-state index contributed by atoms with van der Waals surface area (Å²) in [6.45, 7) is -0.178. The normalized spacial score (nSPS) is 9.94. The van der Waals surface area contributed by atoms with Gasteiger partial charge in [-0.05, 0) is 18.2 Å². The highest BCUT2D eigenvalue weighted by Crippen LogP contribution is 2.17. The molecule has 2 aromatic rings. The van der Waals surface area contributed by atoms with Gasteiger partial charge in [-0.1, -0.05) is 27.2 Å². The summed E-state index contributed by atoms with van der Waals surface area (Å²) in [7, 11) is 0. The van der Waals surface area contributed by atoms with E-state index in [-0.39, 0.29) is 12.5 Å². The zero-order chi connectivity index (χ0) is 12.1. The second kappa shape index (κ2) is 5.49. The van der Waals surface area contributed by atoms with Crippen LogP contribution < -0.4 is 4.74 Å². The van der Waals surface area contributed by atoms with Crippen molar-refractivity contribution in [3.63, 3.8) is 0 Å². The molecule has 0 aliphatic rings. The van der Waals surface area contributed by atoms with Crippen molar-refractivity contribution in [2.24, 2.45) is 0 Å². The standard InChI is InChI=1S/C11H8BrNO4/c12-8-2-1-3-9(6-8)15-7-16-11(14)10-4-5-17-13-10/h1-6H,7H2. The summed E-state index contributed by atoms with van der Waals surface area (Å²) in [6, 6.07) is 8.63. The molecule has 5 nitrogen and oxygen atoms in total. The Labute approximate surface area is 105 Å². The molecular weight excluding hydrogens is 290 g/mol. The first-order valence-electron chi connectivity index (χ1n) is 4.71. The SMILES string of the molecule is O=C(OCOc1cccc(Br)c1)c1ccon1. The van der Waals surface area contributed by atoms with E-state index in [0.29, 0.717) is 5.75 Å². The van der Waals surface area contributed by atoms with Crippen molar-refractivity contribution in [2.45, 2.75) is 0 Å². The molecule has 1 aromatic heterocycles. The van der Waals surface area contributed by atoms with Crippen LogP contribution in [-0.4, -0.2) is 17.9 Å². The van der Waals surface area contributed by atoms with Crippen molar-refractivity contribution in [3.05, 3.63) is 46.8 Å². The lowest BCUT2D eigenvalue weighted by molar-refractivity contribution is 0.0144. The number of rotatable bonds is 4. The summed E-state index contributed by atoms with van der Waals surface area (Å²) >= 11 is 3.30. The van der Waals surface area contributed by atoms with Crippen LogP contribution in [0.25, 0.3) is 0 Å². The van der Waals surface area contributed by atoms with E-state index in [1.807, 2.05) is 12.1 Å². The van der Waals surface area contributed by atoms with Crippen LogP contribution in [0.3, 0.4) is 0 Å². The Bertz CT molecular complexity index is 498. The fraction of sp³-hybridized carbons (Fsp3) is 0.0909. The highest BCUT2D eigenvalue weighted by Gasteiger charge is 2.10. The van der Waals surface area contributed by atoms with Crippen molar-refractivity contribution >= 4 is 21.9 Å². The van der Waals surface area contributed by atoms with Crippen molar-refractivity contribution < 1.29 is 18.8 Å². The summed E-state index contributed by atoms with van der Waals surface area (Å²) < 4.78 is 15.5. The van der Waals surface area contributed by atoms with Crippen LogP contribution in [0.15, 0.2) is 45.6 Å². The van der Waals surface area contributed by atoms with Gasteiger partial charge in [0.15, 0.2) is 5.69 Å². The number of nitrogens with zero attached hydrogens (tertiary/aromatic N) is 1. The topological polar surface area (TPSA) is 61.6 Å². The molecule has 0 spiro atoms. The Hall–Kier alpha value is -1.82. The fourth-order valence-corrected chi connectivity index (χ4v) is 1.48. The molecule has 0 unspecified atom stereocenters. The number of hydrogen-bond donors (Lipinski definition) is 0. The summed E-state index contributed by atoms with van der Waals surface area (Å²) in [6.07, 6.45) is 1.30. The number of benzene rings is 1. The third-order valence-corrected chi connectivity index (χ3v) is 2.35. The van der Waals surface area contributed by atoms with Gasteiger partial charge in [0, 0.05) is 10.5 Å². The van der Waals surface area contributed by atoms with E-state index in [0.717, 1.165) is 4.47 Å². The van der Waals surface area contributed by atoms with Crippen LogP contribution in [-0.2, 0) is 4.74 Å². The molecule has 0 saturated carbocycles. The Morgan fingerprint density at radius 1 is 1.41 bits per heavy atom. The molecule has 0 N–H and O–H groups in total. The van der Waals surface area contributed by atoms with Gasteiger partial charge in [-0.25, -0.2) is 4.79 Å². The predicted molar refractivity (Wildman–Crippen MR) is 61.6 cm³/mol. The molecule has 0 atom stereocenters. The third-order valence-electron chi connectivity index (χ3n) is 1.86. The second-order valence-corrected chi connectivity index (χ2v) is 3.95. The molecule has 88 valence electrons. The van der Waals surface area contributed by atoms with Crippen molar-refractivity contribution in [3.8, 4) is 5.75 Å². The van der Waals surface area contributed by atoms with E-state index >= 15 is 0 Å². The molecule has 0 fully saturated rings. The first-order valence-corrected chi connectivity index (χ1v) is 5.51. The van der Waals surface area contributed by atoms with E-state index < -0.39 is 5.97 Å². The summed E-state index contributed by atoms with van der Waals surface area (Å²) in [5, 5.41) is 3.44. The molecule has 0 aliphatic carbocycles. The van der Waals surface area contributed by atoms with Crippen LogP contribution in [0.5, 0.6) is 5.75 Å². The van der Waals surface area contributed by atoms with Crippen LogP contribution in [0.1, 0.15) is 10.5 Å². The number of carbonyl (C=O) groups excluding carboxylic acids is 1. The zero-order valence-electron chi connectivity index (χ0n) is 8.63. The number of ether oxygens (including phenoxy) is 2. The van der Waals surface area contributed by atoms with Crippen LogP contribution >= 0.6 is 15.9 Å². The Morgan fingerprint density at radius 2 is 2.29 bits per heavy atom. The Balaban J connectivity index is 1.82. The number of aromatic nitrogens is 1. The van der Waals surface area contributed by atoms with Crippen LogP contribution in [0.4, 0.5) is 0 Å². The minimum Gasteiger partial charge on any atom is -0.457 e. The molecule has 0 saturated heterocycles. The van der Waals surface area contributed by atoms with Gasteiger partial charge in [0.05, 0.1) is 0 Å². The first-order chi connectivity index (χ1) is 8.25. The lowest BCUT2D eigenvalue weighted by atomic mass is 10.3. The first kappa shape index (κ1) is 11.7. The monoisotopic (exact) mass is 297 g/mol. The van der Waals surface area contributed by atoms with Gasteiger partial charge in [0.1, 0.15) is 12.0 Å². The summed E-state index contributed by atoms with van der Waals surface area (Å²) in [5.41, 5.74) is 0.114. The van der Waals surface area contributed by atoms with Crippen molar-refractivity contribution in [1.29, 1.82) is 0 Å². The molecule has 2 rings (SSSR count). The smallest absolute Gasteiger partial charge is 0.363 e. The molecule has 6 heteroatoms. The zero-order valence-corrected chi connectivity index (χ0v) is 10.2. The van der Waals surface area contributed by atoms with Gasteiger partial charge in [0.25, 0.3) is 0 Å². The summed E-state index contributed by atoms with van der Waals surface area (Å²) in [4.78, 5) is 11.3.